The van der Waals surface area contributed by atoms with E-state index in [0.717, 1.165) is 27.2 Å². The first-order valence-corrected chi connectivity index (χ1v) is 5.30. The first-order valence-electron chi connectivity index (χ1n) is 4.92. The van der Waals surface area contributed by atoms with E-state index in [1.54, 1.807) is 0 Å². The van der Waals surface area contributed by atoms with E-state index in [-0.39, 0.29) is 0 Å². The van der Waals surface area contributed by atoms with Gasteiger partial charge in [-0.3, -0.25) is 0 Å². The predicted octanol–water partition coefficient (Wildman–Crippen LogP) is 4.15. The molecule has 3 aromatic rings. The van der Waals surface area contributed by atoms with Crippen molar-refractivity contribution in [3.63, 3.8) is 0 Å². The molecule has 1 aromatic heterocycles. The number of rotatable bonds is 1. The van der Waals surface area contributed by atoms with E-state index in [2.05, 4.69) is 4.98 Å². The summed E-state index contributed by atoms with van der Waals surface area (Å²) in [5, 5.41) is 0.734. The van der Waals surface area contributed by atoms with Gasteiger partial charge in [0.1, 0.15) is 5.52 Å². The standard InChI is InChI=1S/C13H8ClNO/c14-11-3-1-2-9(6-11)10-4-5-13-12(7-10)15-8-16-13/h1-8H. The Morgan fingerprint density at radius 2 is 1.88 bits per heavy atom. The molecule has 0 radical (unpaired) electrons. The van der Waals surface area contributed by atoms with Crippen molar-refractivity contribution < 1.29 is 4.42 Å². The molecule has 0 bridgehead atoms. The van der Waals surface area contributed by atoms with E-state index in [1.165, 1.54) is 6.39 Å². The quantitative estimate of drug-likeness (QED) is 0.627. The maximum Gasteiger partial charge on any atom is 0.181 e. The number of aromatic nitrogens is 1. The second kappa shape index (κ2) is 3.65. The highest BCUT2D eigenvalue weighted by Gasteiger charge is 2.02. The molecular weight excluding hydrogens is 222 g/mol. The lowest BCUT2D eigenvalue weighted by atomic mass is 10.1. The van der Waals surface area contributed by atoms with Gasteiger partial charge >= 0.3 is 0 Å². The zero-order valence-corrected chi connectivity index (χ0v) is 9.11. The Bertz CT molecular complexity index is 645. The zero-order chi connectivity index (χ0) is 11.0. The van der Waals surface area contributed by atoms with Crippen molar-refractivity contribution in [3.8, 4) is 11.1 Å². The summed E-state index contributed by atoms with van der Waals surface area (Å²) < 4.78 is 5.20. The van der Waals surface area contributed by atoms with Gasteiger partial charge in [0.15, 0.2) is 12.0 Å². The number of fused-ring (bicyclic) bond motifs is 1. The minimum atomic E-state index is 0.734. The lowest BCUT2D eigenvalue weighted by Gasteiger charge is -2.01. The predicted molar refractivity (Wildman–Crippen MR) is 64.5 cm³/mol. The number of nitrogens with zero attached hydrogens (tertiary/aromatic N) is 1. The molecule has 0 aliphatic carbocycles. The summed E-state index contributed by atoms with van der Waals surface area (Å²) in [6.45, 7) is 0. The monoisotopic (exact) mass is 229 g/mol. The van der Waals surface area contributed by atoms with Crippen LogP contribution in [0.4, 0.5) is 0 Å². The third kappa shape index (κ3) is 1.57. The lowest BCUT2D eigenvalue weighted by molar-refractivity contribution is 0.602. The zero-order valence-electron chi connectivity index (χ0n) is 8.35. The van der Waals surface area contributed by atoms with Crippen LogP contribution in [-0.2, 0) is 0 Å². The molecule has 0 N–H and O–H groups in total. The fraction of sp³-hybridized carbons (Fsp3) is 0. The van der Waals surface area contributed by atoms with Gasteiger partial charge in [0, 0.05) is 5.02 Å². The third-order valence-corrected chi connectivity index (χ3v) is 2.72. The summed E-state index contributed by atoms with van der Waals surface area (Å²) in [7, 11) is 0. The molecule has 2 aromatic carbocycles. The van der Waals surface area contributed by atoms with Crippen LogP contribution in [-0.4, -0.2) is 4.98 Å². The molecule has 0 amide bonds. The van der Waals surface area contributed by atoms with Crippen molar-refractivity contribution in [1.82, 2.24) is 4.98 Å². The summed E-state index contributed by atoms with van der Waals surface area (Å²) in [5.74, 6) is 0. The molecule has 2 nitrogen and oxygen atoms in total. The van der Waals surface area contributed by atoms with E-state index in [4.69, 9.17) is 16.0 Å². The average Bonchev–Trinajstić information content (AvgIpc) is 2.75. The molecule has 0 saturated carbocycles. The Balaban J connectivity index is 2.18. The summed E-state index contributed by atoms with van der Waals surface area (Å²) in [6, 6.07) is 13.7. The van der Waals surface area contributed by atoms with Crippen molar-refractivity contribution in [2.75, 3.05) is 0 Å². The molecule has 3 heteroatoms. The van der Waals surface area contributed by atoms with Crippen LogP contribution in [0, 0.1) is 0 Å². The maximum absolute atomic E-state index is 5.96. The van der Waals surface area contributed by atoms with Crippen molar-refractivity contribution in [2.24, 2.45) is 0 Å². The first-order chi connectivity index (χ1) is 7.83. The van der Waals surface area contributed by atoms with Crippen LogP contribution in [0.15, 0.2) is 53.3 Å². The van der Waals surface area contributed by atoms with Crippen LogP contribution in [0.1, 0.15) is 0 Å². The lowest BCUT2D eigenvalue weighted by Crippen LogP contribution is -1.77. The fourth-order valence-electron chi connectivity index (χ4n) is 1.71. The van der Waals surface area contributed by atoms with Crippen LogP contribution in [0.2, 0.25) is 5.02 Å². The smallest absolute Gasteiger partial charge is 0.181 e. The third-order valence-electron chi connectivity index (χ3n) is 2.49. The first kappa shape index (κ1) is 9.43. The van der Waals surface area contributed by atoms with Gasteiger partial charge in [-0.2, -0.15) is 0 Å². The molecule has 0 unspecified atom stereocenters. The van der Waals surface area contributed by atoms with Crippen molar-refractivity contribution in [1.29, 1.82) is 0 Å². The van der Waals surface area contributed by atoms with Gasteiger partial charge in [0.2, 0.25) is 0 Å². The van der Waals surface area contributed by atoms with Gasteiger partial charge in [0.05, 0.1) is 0 Å². The van der Waals surface area contributed by atoms with E-state index >= 15 is 0 Å². The Hall–Kier alpha value is -1.80. The van der Waals surface area contributed by atoms with Crippen LogP contribution in [0.3, 0.4) is 0 Å². The normalized spacial score (nSPS) is 10.8. The number of benzene rings is 2. The molecule has 3 rings (SSSR count). The van der Waals surface area contributed by atoms with E-state index < -0.39 is 0 Å². The van der Waals surface area contributed by atoms with E-state index in [1.807, 2.05) is 42.5 Å². The molecule has 16 heavy (non-hydrogen) atoms. The van der Waals surface area contributed by atoms with Crippen LogP contribution in [0.25, 0.3) is 22.2 Å². The number of halogens is 1. The molecule has 1 heterocycles. The topological polar surface area (TPSA) is 26.0 Å². The maximum atomic E-state index is 5.96. The van der Waals surface area contributed by atoms with Crippen molar-refractivity contribution >= 4 is 22.7 Å². The van der Waals surface area contributed by atoms with Gasteiger partial charge in [-0.05, 0) is 35.4 Å². The van der Waals surface area contributed by atoms with E-state index in [9.17, 15) is 0 Å². The highest BCUT2D eigenvalue weighted by atomic mass is 35.5. The Morgan fingerprint density at radius 1 is 1.00 bits per heavy atom. The second-order valence-electron chi connectivity index (χ2n) is 3.55. The average molecular weight is 230 g/mol. The van der Waals surface area contributed by atoms with Crippen LogP contribution in [0.5, 0.6) is 0 Å². The van der Waals surface area contributed by atoms with Gasteiger partial charge in [0.25, 0.3) is 0 Å². The molecule has 78 valence electrons. The Labute approximate surface area is 97.5 Å². The van der Waals surface area contributed by atoms with Crippen molar-refractivity contribution in [2.45, 2.75) is 0 Å². The summed E-state index contributed by atoms with van der Waals surface area (Å²) in [6.07, 6.45) is 1.45. The molecule has 0 aliphatic heterocycles. The molecular formula is C13H8ClNO. The van der Waals surface area contributed by atoms with Gasteiger partial charge in [-0.25, -0.2) is 4.98 Å². The van der Waals surface area contributed by atoms with Crippen molar-refractivity contribution in [3.05, 3.63) is 53.9 Å². The van der Waals surface area contributed by atoms with Gasteiger partial charge in [-0.1, -0.05) is 29.8 Å². The second-order valence-corrected chi connectivity index (χ2v) is 3.98. The van der Waals surface area contributed by atoms with Crippen LogP contribution < -0.4 is 0 Å². The minimum Gasteiger partial charge on any atom is -0.443 e. The van der Waals surface area contributed by atoms with Gasteiger partial charge in [-0.15, -0.1) is 0 Å². The summed E-state index contributed by atoms with van der Waals surface area (Å²) in [4.78, 5) is 4.13. The molecule has 0 fully saturated rings. The SMILES string of the molecule is Clc1cccc(-c2ccc3ocnc3c2)c1. The molecule has 0 spiro atoms. The number of hydrogen-bond acceptors (Lipinski definition) is 2. The highest BCUT2D eigenvalue weighted by molar-refractivity contribution is 6.30. The Kier molecular flexibility index (Phi) is 2.15. The minimum absolute atomic E-state index is 0.734. The Morgan fingerprint density at radius 3 is 2.75 bits per heavy atom. The summed E-state index contributed by atoms with van der Waals surface area (Å²) in [5.41, 5.74) is 3.82. The number of hydrogen-bond donors (Lipinski definition) is 0. The van der Waals surface area contributed by atoms with Crippen LogP contribution >= 0.6 is 11.6 Å². The molecule has 0 aliphatic rings. The summed E-state index contributed by atoms with van der Waals surface area (Å²) >= 11 is 5.96. The molecule has 0 saturated heterocycles. The largest absolute Gasteiger partial charge is 0.443 e. The highest BCUT2D eigenvalue weighted by Crippen LogP contribution is 2.25. The fourth-order valence-corrected chi connectivity index (χ4v) is 1.90. The molecule has 0 atom stereocenters. The van der Waals surface area contributed by atoms with E-state index in [0.29, 0.717) is 0 Å². The van der Waals surface area contributed by atoms with Gasteiger partial charge < -0.3 is 4.42 Å². The number of oxazole rings is 1.